The van der Waals surface area contributed by atoms with Crippen molar-refractivity contribution in [1.82, 2.24) is 5.32 Å². The van der Waals surface area contributed by atoms with Gasteiger partial charge >= 0.3 is 0 Å². The molecule has 0 fully saturated rings. The van der Waals surface area contributed by atoms with Gasteiger partial charge in [-0.05, 0) is 41.5 Å². The first-order valence-electron chi connectivity index (χ1n) is 8.01. The van der Waals surface area contributed by atoms with E-state index in [1.165, 1.54) is 0 Å². The van der Waals surface area contributed by atoms with Gasteiger partial charge in [0.1, 0.15) is 5.75 Å². The van der Waals surface area contributed by atoms with Crippen molar-refractivity contribution in [3.05, 3.63) is 52.2 Å². The average Bonchev–Trinajstić information content (AvgIpc) is 3.03. The van der Waals surface area contributed by atoms with E-state index in [1.807, 2.05) is 23.6 Å². The van der Waals surface area contributed by atoms with Gasteiger partial charge in [-0.1, -0.05) is 39.0 Å². The highest BCUT2D eigenvalue weighted by atomic mass is 32.1. The number of ether oxygens (including phenoxy) is 1. The van der Waals surface area contributed by atoms with Crippen molar-refractivity contribution in [2.45, 2.75) is 39.8 Å². The van der Waals surface area contributed by atoms with Gasteiger partial charge in [-0.3, -0.25) is 4.79 Å². The summed E-state index contributed by atoms with van der Waals surface area (Å²) in [6.07, 6.45) is -0.563. The molecular formula is C19H25NO3S. The summed E-state index contributed by atoms with van der Waals surface area (Å²) in [7, 11) is 0. The first-order chi connectivity index (χ1) is 11.3. The lowest BCUT2D eigenvalue weighted by atomic mass is 9.86. The molecule has 2 atom stereocenters. The lowest BCUT2D eigenvalue weighted by Gasteiger charge is -2.30. The fourth-order valence-corrected chi connectivity index (χ4v) is 3.41. The minimum absolute atomic E-state index is 0.0543. The smallest absolute Gasteiger partial charge is 0.258 e. The van der Waals surface area contributed by atoms with Crippen LogP contribution < -0.4 is 10.1 Å². The van der Waals surface area contributed by atoms with E-state index in [0.717, 1.165) is 10.4 Å². The van der Waals surface area contributed by atoms with E-state index >= 15 is 0 Å². The van der Waals surface area contributed by atoms with E-state index in [-0.39, 0.29) is 24.0 Å². The summed E-state index contributed by atoms with van der Waals surface area (Å²) in [5.41, 5.74) is 0.672. The molecule has 0 aliphatic carbocycles. The summed E-state index contributed by atoms with van der Waals surface area (Å²) < 4.78 is 5.57. The predicted octanol–water partition coefficient (Wildman–Crippen LogP) is 4.08. The average molecular weight is 347 g/mol. The Bertz CT molecular complexity index is 660. The van der Waals surface area contributed by atoms with Crippen molar-refractivity contribution >= 4 is 17.2 Å². The molecule has 0 radical (unpaired) electrons. The topological polar surface area (TPSA) is 58.6 Å². The Labute approximate surface area is 147 Å². The molecule has 2 unspecified atom stereocenters. The molecule has 2 aromatic rings. The molecule has 0 saturated carbocycles. The van der Waals surface area contributed by atoms with Crippen LogP contribution in [0.3, 0.4) is 0 Å². The number of carbonyl (C=O) groups is 1. The van der Waals surface area contributed by atoms with E-state index in [4.69, 9.17) is 4.74 Å². The summed E-state index contributed by atoms with van der Waals surface area (Å²) in [4.78, 5) is 13.4. The Balaban J connectivity index is 1.98. The number of aliphatic hydroxyl groups excluding tert-OH is 1. The third-order valence-electron chi connectivity index (χ3n) is 3.71. The number of nitrogens with one attached hydrogen (secondary N) is 1. The Morgan fingerprint density at radius 2 is 2.04 bits per heavy atom. The summed E-state index contributed by atoms with van der Waals surface area (Å²) in [5, 5.41) is 14.7. The largest absolute Gasteiger partial charge is 0.484 e. The molecule has 0 spiro atoms. The van der Waals surface area contributed by atoms with Crippen LogP contribution in [0.25, 0.3) is 0 Å². The predicted molar refractivity (Wildman–Crippen MR) is 97.2 cm³/mol. The van der Waals surface area contributed by atoms with Gasteiger partial charge in [-0.15, -0.1) is 11.3 Å². The van der Waals surface area contributed by atoms with Crippen LogP contribution in [-0.2, 0) is 4.79 Å². The molecular weight excluding hydrogens is 322 g/mol. The van der Waals surface area contributed by atoms with Crippen molar-refractivity contribution in [3.8, 4) is 5.75 Å². The Hall–Kier alpha value is -1.85. The van der Waals surface area contributed by atoms with E-state index in [0.29, 0.717) is 5.75 Å². The zero-order chi connectivity index (χ0) is 17.7. The maximum atomic E-state index is 12.3. The van der Waals surface area contributed by atoms with Gasteiger partial charge in [0.2, 0.25) is 0 Å². The molecule has 0 aliphatic heterocycles. The molecule has 5 heteroatoms. The first-order valence-corrected chi connectivity index (χ1v) is 8.89. The zero-order valence-electron chi connectivity index (χ0n) is 14.6. The highest BCUT2D eigenvalue weighted by Crippen LogP contribution is 2.35. The van der Waals surface area contributed by atoms with Crippen molar-refractivity contribution in [1.29, 1.82) is 0 Å². The van der Waals surface area contributed by atoms with E-state index in [2.05, 4.69) is 26.1 Å². The van der Waals surface area contributed by atoms with Crippen molar-refractivity contribution in [3.63, 3.8) is 0 Å². The molecule has 0 saturated heterocycles. The second kappa shape index (κ2) is 7.81. The highest BCUT2D eigenvalue weighted by Gasteiger charge is 2.28. The van der Waals surface area contributed by atoms with Gasteiger partial charge in [0.05, 0.1) is 12.1 Å². The Morgan fingerprint density at radius 3 is 2.62 bits per heavy atom. The lowest BCUT2D eigenvalue weighted by molar-refractivity contribution is -0.124. The van der Waals surface area contributed by atoms with Crippen LogP contribution in [0.5, 0.6) is 5.75 Å². The van der Waals surface area contributed by atoms with Gasteiger partial charge in [-0.25, -0.2) is 0 Å². The number of hydrogen-bond acceptors (Lipinski definition) is 4. The Kier molecular flexibility index (Phi) is 6.02. The van der Waals surface area contributed by atoms with Crippen molar-refractivity contribution < 1.29 is 14.6 Å². The van der Waals surface area contributed by atoms with Gasteiger partial charge in [-0.2, -0.15) is 0 Å². The zero-order valence-corrected chi connectivity index (χ0v) is 15.4. The minimum Gasteiger partial charge on any atom is -0.484 e. The van der Waals surface area contributed by atoms with Crippen LogP contribution in [0.4, 0.5) is 0 Å². The number of thiophene rings is 1. The molecule has 0 bridgehead atoms. The molecule has 2 N–H and O–H groups in total. The number of rotatable bonds is 6. The van der Waals surface area contributed by atoms with Crippen LogP contribution in [0.2, 0.25) is 0 Å². The molecule has 1 aromatic heterocycles. The molecule has 130 valence electrons. The maximum absolute atomic E-state index is 12.3. The normalized spacial score (nSPS) is 14.0. The lowest BCUT2D eigenvalue weighted by Crippen LogP contribution is -2.38. The number of benzene rings is 1. The van der Waals surface area contributed by atoms with Gasteiger partial charge < -0.3 is 15.2 Å². The van der Waals surface area contributed by atoms with Crippen LogP contribution in [0.1, 0.15) is 50.3 Å². The molecule has 0 aliphatic rings. The van der Waals surface area contributed by atoms with E-state index in [9.17, 15) is 9.90 Å². The van der Waals surface area contributed by atoms with Gasteiger partial charge in [0.15, 0.2) is 6.61 Å². The highest BCUT2D eigenvalue weighted by molar-refractivity contribution is 7.10. The summed E-state index contributed by atoms with van der Waals surface area (Å²) in [5.74, 6) is 0.415. The molecule has 1 amide bonds. The number of carbonyl (C=O) groups excluding carboxylic acids is 1. The second-order valence-corrected chi connectivity index (χ2v) is 7.90. The SMILES string of the molecule is CC(O)c1cccc(OCC(=O)NC(c2cccs2)C(C)(C)C)c1. The van der Waals surface area contributed by atoms with Crippen LogP contribution >= 0.6 is 11.3 Å². The van der Waals surface area contributed by atoms with Gasteiger partial charge in [0, 0.05) is 4.88 Å². The third kappa shape index (κ3) is 5.08. The standard InChI is InChI=1S/C19H25NO3S/c1-13(21)14-7-5-8-15(11-14)23-12-17(22)20-18(19(2,3)4)16-9-6-10-24-16/h5-11,13,18,21H,12H2,1-4H3,(H,20,22). The molecule has 24 heavy (non-hydrogen) atoms. The van der Waals surface area contributed by atoms with Crippen LogP contribution in [0.15, 0.2) is 41.8 Å². The second-order valence-electron chi connectivity index (χ2n) is 6.92. The van der Waals surface area contributed by atoms with Crippen LogP contribution in [-0.4, -0.2) is 17.6 Å². The summed E-state index contributed by atoms with van der Waals surface area (Å²) in [6, 6.07) is 11.1. The van der Waals surface area contributed by atoms with E-state index < -0.39 is 6.10 Å². The van der Waals surface area contributed by atoms with Gasteiger partial charge in [0.25, 0.3) is 5.91 Å². The first kappa shape index (κ1) is 18.5. The summed E-state index contributed by atoms with van der Waals surface area (Å²) >= 11 is 1.64. The number of hydrogen-bond donors (Lipinski definition) is 2. The number of amides is 1. The van der Waals surface area contributed by atoms with Crippen molar-refractivity contribution in [2.24, 2.45) is 5.41 Å². The number of aliphatic hydroxyl groups is 1. The quantitative estimate of drug-likeness (QED) is 0.828. The third-order valence-corrected chi connectivity index (χ3v) is 4.65. The Morgan fingerprint density at radius 1 is 1.29 bits per heavy atom. The molecule has 1 aromatic carbocycles. The summed E-state index contributed by atoms with van der Waals surface area (Å²) in [6.45, 7) is 7.95. The van der Waals surface area contributed by atoms with Crippen molar-refractivity contribution in [2.75, 3.05) is 6.61 Å². The molecule has 4 nitrogen and oxygen atoms in total. The maximum Gasteiger partial charge on any atom is 0.258 e. The minimum atomic E-state index is -0.563. The molecule has 2 rings (SSSR count). The monoisotopic (exact) mass is 347 g/mol. The fourth-order valence-electron chi connectivity index (χ4n) is 2.39. The van der Waals surface area contributed by atoms with Crippen LogP contribution in [0, 0.1) is 5.41 Å². The molecule has 1 heterocycles. The van der Waals surface area contributed by atoms with E-state index in [1.54, 1.807) is 36.5 Å². The fraction of sp³-hybridized carbons (Fsp3) is 0.421.